The summed E-state index contributed by atoms with van der Waals surface area (Å²) >= 11 is 0. The highest BCUT2D eigenvalue weighted by Crippen LogP contribution is 2.39. The number of ether oxygens (including phenoxy) is 2. The Morgan fingerprint density at radius 1 is 1.17 bits per heavy atom. The third kappa shape index (κ3) is 5.51. The fourth-order valence-electron chi connectivity index (χ4n) is 4.85. The van der Waals surface area contributed by atoms with Crippen molar-refractivity contribution in [2.24, 2.45) is 5.92 Å². The number of rotatable bonds is 7. The average molecular weight is 495 g/mol. The molecule has 1 atom stereocenters. The van der Waals surface area contributed by atoms with Crippen LogP contribution in [0.3, 0.4) is 0 Å². The number of hydrogen-bond acceptors (Lipinski definition) is 6. The third-order valence-corrected chi connectivity index (χ3v) is 6.80. The molecule has 0 bridgehead atoms. The number of nitrogens with zero attached hydrogens (tertiary/aromatic N) is 3. The summed E-state index contributed by atoms with van der Waals surface area (Å²) in [6, 6.07) is 9.77. The Labute approximate surface area is 211 Å². The van der Waals surface area contributed by atoms with Crippen LogP contribution in [0, 0.1) is 5.92 Å². The highest BCUT2D eigenvalue weighted by Gasteiger charge is 2.54. The predicted molar refractivity (Wildman–Crippen MR) is 133 cm³/mol. The zero-order chi connectivity index (χ0) is 25.7. The molecule has 0 saturated carbocycles. The molecule has 1 N–H and O–H groups in total. The van der Waals surface area contributed by atoms with Crippen molar-refractivity contribution in [1.29, 1.82) is 0 Å². The normalized spacial score (nSPS) is 18.9. The molecule has 1 spiro atoms. The van der Waals surface area contributed by atoms with Crippen molar-refractivity contribution >= 4 is 17.7 Å². The fourth-order valence-corrected chi connectivity index (χ4v) is 4.85. The largest absolute Gasteiger partial charge is 0.497 e. The van der Waals surface area contributed by atoms with Gasteiger partial charge in [0.2, 0.25) is 11.8 Å². The number of pyridine rings is 1. The first-order valence-corrected chi connectivity index (χ1v) is 12.4. The Bertz CT molecular complexity index is 1080. The molecule has 0 aliphatic carbocycles. The first-order valence-electron chi connectivity index (χ1n) is 12.4. The molecule has 2 fully saturated rings. The Morgan fingerprint density at radius 2 is 1.89 bits per heavy atom. The van der Waals surface area contributed by atoms with Gasteiger partial charge in [0.1, 0.15) is 17.5 Å². The second kappa shape index (κ2) is 11.1. The summed E-state index contributed by atoms with van der Waals surface area (Å²) in [5.41, 5.74) is 0.382. The van der Waals surface area contributed by atoms with Gasteiger partial charge in [0.05, 0.1) is 13.7 Å². The Hall–Kier alpha value is -3.46. The number of methoxy groups -OCH3 is 1. The number of benzene rings is 1. The van der Waals surface area contributed by atoms with E-state index in [0.29, 0.717) is 50.2 Å². The molecule has 2 saturated heterocycles. The van der Waals surface area contributed by atoms with E-state index < -0.39 is 11.8 Å². The van der Waals surface area contributed by atoms with Gasteiger partial charge in [-0.25, -0.2) is 0 Å². The van der Waals surface area contributed by atoms with E-state index in [1.54, 1.807) is 48.7 Å². The lowest BCUT2D eigenvalue weighted by molar-refractivity contribution is -0.144. The minimum atomic E-state index is -0.951. The van der Waals surface area contributed by atoms with Gasteiger partial charge in [-0.05, 0) is 41.8 Å². The first-order chi connectivity index (χ1) is 17.3. The van der Waals surface area contributed by atoms with Crippen LogP contribution in [0.1, 0.15) is 49.0 Å². The zero-order valence-electron chi connectivity index (χ0n) is 21.1. The van der Waals surface area contributed by atoms with Crippen molar-refractivity contribution in [3.05, 3.63) is 59.9 Å². The van der Waals surface area contributed by atoms with Gasteiger partial charge >= 0.3 is 0 Å². The van der Waals surface area contributed by atoms with Gasteiger partial charge in [-0.2, -0.15) is 0 Å². The smallest absolute Gasteiger partial charge is 0.257 e. The monoisotopic (exact) mass is 494 g/mol. The summed E-state index contributed by atoms with van der Waals surface area (Å²) in [7, 11) is 1.54. The molecule has 3 amide bonds. The van der Waals surface area contributed by atoms with Crippen LogP contribution in [-0.2, 0) is 20.9 Å². The molecule has 1 aromatic carbocycles. The van der Waals surface area contributed by atoms with Crippen LogP contribution in [0.2, 0.25) is 0 Å². The van der Waals surface area contributed by atoms with E-state index in [1.807, 2.05) is 30.9 Å². The number of carbonyl (C=O) groups excluding carboxylic acids is 3. The molecule has 2 aromatic rings. The molecule has 9 heteroatoms. The lowest BCUT2D eigenvalue weighted by Gasteiger charge is -2.44. The maximum absolute atomic E-state index is 13.9. The van der Waals surface area contributed by atoms with Crippen LogP contribution in [-0.4, -0.2) is 71.1 Å². The van der Waals surface area contributed by atoms with E-state index in [1.165, 1.54) is 0 Å². The van der Waals surface area contributed by atoms with Crippen LogP contribution in [0.5, 0.6) is 5.75 Å². The van der Waals surface area contributed by atoms with Crippen molar-refractivity contribution < 1.29 is 23.9 Å². The lowest BCUT2D eigenvalue weighted by atomic mass is 9.96. The van der Waals surface area contributed by atoms with Crippen molar-refractivity contribution in [2.45, 2.75) is 51.4 Å². The van der Waals surface area contributed by atoms with Crippen molar-refractivity contribution in [2.75, 3.05) is 26.8 Å². The molecule has 192 valence electrons. The van der Waals surface area contributed by atoms with E-state index in [2.05, 4.69) is 10.3 Å². The molecule has 1 aromatic heterocycles. The maximum atomic E-state index is 13.9. The van der Waals surface area contributed by atoms with Crippen molar-refractivity contribution in [3.8, 4) is 5.75 Å². The van der Waals surface area contributed by atoms with Crippen LogP contribution in [0.25, 0.3) is 0 Å². The summed E-state index contributed by atoms with van der Waals surface area (Å²) in [6.07, 6.45) is 4.71. The number of piperidine rings is 1. The fraction of sp³-hybridized carbons (Fsp3) is 0.481. The number of amides is 3. The summed E-state index contributed by atoms with van der Waals surface area (Å²) < 4.78 is 11.6. The van der Waals surface area contributed by atoms with Crippen LogP contribution >= 0.6 is 0 Å². The summed E-state index contributed by atoms with van der Waals surface area (Å²) in [6.45, 7) is 5.40. The maximum Gasteiger partial charge on any atom is 0.257 e. The molecule has 9 nitrogen and oxygen atoms in total. The van der Waals surface area contributed by atoms with Crippen LogP contribution in [0.15, 0.2) is 48.8 Å². The highest BCUT2D eigenvalue weighted by atomic mass is 16.5. The van der Waals surface area contributed by atoms with E-state index in [4.69, 9.17) is 9.47 Å². The molecule has 3 heterocycles. The van der Waals surface area contributed by atoms with Gasteiger partial charge in [0.25, 0.3) is 5.91 Å². The molecule has 0 unspecified atom stereocenters. The molecular weight excluding hydrogens is 460 g/mol. The van der Waals surface area contributed by atoms with Gasteiger partial charge < -0.3 is 19.7 Å². The third-order valence-electron chi connectivity index (χ3n) is 6.80. The average Bonchev–Trinajstić information content (AvgIpc) is 3.25. The Morgan fingerprint density at radius 3 is 2.56 bits per heavy atom. The lowest BCUT2D eigenvalue weighted by Crippen LogP contribution is -2.59. The molecule has 2 aliphatic heterocycles. The van der Waals surface area contributed by atoms with Crippen molar-refractivity contribution in [3.63, 3.8) is 0 Å². The molecule has 36 heavy (non-hydrogen) atoms. The number of nitrogens with one attached hydrogen (secondary N) is 1. The van der Waals surface area contributed by atoms with Crippen LogP contribution in [0.4, 0.5) is 0 Å². The topological polar surface area (TPSA) is 101 Å². The van der Waals surface area contributed by atoms with E-state index in [-0.39, 0.29) is 30.2 Å². The minimum absolute atomic E-state index is 0.0951. The highest BCUT2D eigenvalue weighted by molar-refractivity contribution is 5.98. The van der Waals surface area contributed by atoms with E-state index >= 15 is 0 Å². The van der Waals surface area contributed by atoms with E-state index in [9.17, 15) is 14.4 Å². The van der Waals surface area contributed by atoms with Crippen LogP contribution < -0.4 is 10.1 Å². The minimum Gasteiger partial charge on any atom is -0.497 e. The Balaban J connectivity index is 1.56. The number of hydrogen-bond donors (Lipinski definition) is 1. The summed E-state index contributed by atoms with van der Waals surface area (Å²) in [5.74, 6) is 0.365. The zero-order valence-corrected chi connectivity index (χ0v) is 21.1. The molecule has 0 radical (unpaired) electrons. The number of aromatic nitrogens is 1. The molecular formula is C27H34N4O5. The molecule has 2 aliphatic rings. The van der Waals surface area contributed by atoms with Gasteiger partial charge in [-0.3, -0.25) is 24.3 Å². The van der Waals surface area contributed by atoms with Gasteiger partial charge in [-0.15, -0.1) is 0 Å². The SMILES string of the molecule is COc1cccc(C(=O)N2[C@@H](C(=O)NCc3ccncc3)COC23CCN(C(=O)CC(C)C)CC3)c1. The summed E-state index contributed by atoms with van der Waals surface area (Å²) in [5, 5.41) is 2.94. The molecule has 4 rings (SSSR count). The Kier molecular flexibility index (Phi) is 7.88. The first kappa shape index (κ1) is 25.6. The second-order valence-corrected chi connectivity index (χ2v) is 9.73. The standard InChI is InChI=1S/C27H34N4O5/c1-19(2)15-24(32)30-13-9-27(10-14-30)31(26(34)21-5-4-6-22(16-21)35-3)23(18-36-27)25(33)29-17-20-7-11-28-12-8-20/h4-8,11-12,16,19,23H,9-10,13-15,17-18H2,1-3H3,(H,29,33)/t23-/m1/s1. The second-order valence-electron chi connectivity index (χ2n) is 9.73. The predicted octanol–water partition coefficient (Wildman–Crippen LogP) is 2.61. The van der Waals surface area contributed by atoms with Gasteiger partial charge in [-0.1, -0.05) is 19.9 Å². The van der Waals surface area contributed by atoms with E-state index in [0.717, 1.165) is 5.56 Å². The number of carbonyl (C=O) groups is 3. The van der Waals surface area contributed by atoms with Crippen molar-refractivity contribution in [1.82, 2.24) is 20.1 Å². The van der Waals surface area contributed by atoms with Gasteiger partial charge in [0.15, 0.2) is 0 Å². The summed E-state index contributed by atoms with van der Waals surface area (Å²) in [4.78, 5) is 47.2. The quantitative estimate of drug-likeness (QED) is 0.635. The van der Waals surface area contributed by atoms with Gasteiger partial charge in [0, 0.05) is 56.9 Å². The number of likely N-dealkylation sites (tertiary alicyclic amines) is 1.